The van der Waals surface area contributed by atoms with Crippen molar-refractivity contribution in [1.82, 2.24) is 40.9 Å². The number of carbonyl (C=O) groups excluding carboxylic acids is 5. The topological polar surface area (TPSA) is 312 Å². The van der Waals surface area contributed by atoms with Crippen LogP contribution in [0.1, 0.15) is 93.5 Å². The summed E-state index contributed by atoms with van der Waals surface area (Å²) in [4.78, 5) is 94.5. The van der Waals surface area contributed by atoms with E-state index >= 15 is 0 Å². The molecule has 89 heavy (non-hydrogen) atoms. The molecule has 0 aliphatic rings. The molecule has 0 saturated carbocycles. The molecule has 0 aliphatic carbocycles. The molecule has 0 radical (unpaired) electrons. The van der Waals surface area contributed by atoms with Gasteiger partial charge in [0.1, 0.15) is 0 Å². The van der Waals surface area contributed by atoms with Gasteiger partial charge in [0.25, 0.3) is 23.6 Å². The first-order valence-corrected chi connectivity index (χ1v) is 30.7. The zero-order chi connectivity index (χ0) is 63.7. The molecule has 22 nitrogen and oxygen atoms in total. The molecule has 0 aromatic heterocycles. The molecule has 0 aliphatic heterocycles. The van der Waals surface area contributed by atoms with Gasteiger partial charge >= 0.3 is 0 Å². The van der Waals surface area contributed by atoms with Crippen molar-refractivity contribution in [3.63, 3.8) is 0 Å². The number of nitrogens with one attached hydrogen (secondary N) is 4. The van der Waals surface area contributed by atoms with Crippen molar-refractivity contribution < 1.29 is 24.0 Å². The molecule has 0 saturated heterocycles. The van der Waals surface area contributed by atoms with Gasteiger partial charge in [0.05, 0.1) is 26.2 Å². The molecule has 22 heteroatoms. The van der Waals surface area contributed by atoms with Crippen LogP contribution in [-0.2, 0) is 0 Å². The number of benzene rings is 5. The van der Waals surface area contributed by atoms with Crippen LogP contribution >= 0.6 is 0 Å². The Kier molecular flexibility index (Phi) is 34.1. The third-order valence-electron chi connectivity index (χ3n) is 14.2. The van der Waals surface area contributed by atoms with E-state index in [0.717, 1.165) is 47.5 Å². The van der Waals surface area contributed by atoms with Gasteiger partial charge < -0.3 is 44.2 Å². The van der Waals surface area contributed by atoms with Crippen LogP contribution in [-0.4, -0.2) is 244 Å². The number of ketones is 1. The highest BCUT2D eigenvalue weighted by molar-refractivity contribution is 5.97. The summed E-state index contributed by atoms with van der Waals surface area (Å²) in [5, 5.41) is 11.9. The fourth-order valence-corrected chi connectivity index (χ4v) is 9.15. The second kappa shape index (κ2) is 42.5. The number of hydrogen-bond acceptors (Lipinski definition) is 18. The predicted octanol–water partition coefficient (Wildman–Crippen LogP) is 2.77. The van der Waals surface area contributed by atoms with Gasteiger partial charge in [-0.2, -0.15) is 0 Å². The van der Waals surface area contributed by atoms with E-state index in [0.29, 0.717) is 172 Å². The third-order valence-corrected chi connectivity index (χ3v) is 14.2. The molecular formula is C67H93N17O5. The maximum absolute atomic E-state index is 13.1. The molecule has 0 heterocycles. The molecule has 4 amide bonds. The molecule has 0 bridgehead atoms. The van der Waals surface area contributed by atoms with Gasteiger partial charge in [0, 0.05) is 196 Å². The number of rotatable bonds is 43. The number of nitrogens with zero attached hydrogens (tertiary/aromatic N) is 9. The quantitative estimate of drug-likeness (QED) is 0.0206. The zero-order valence-electron chi connectivity index (χ0n) is 52.0. The van der Waals surface area contributed by atoms with E-state index in [2.05, 4.69) is 65.8 Å². The van der Waals surface area contributed by atoms with Crippen LogP contribution in [0.4, 0.5) is 0 Å². The van der Waals surface area contributed by atoms with Gasteiger partial charge in [0.2, 0.25) is 0 Å². The highest BCUT2D eigenvalue weighted by Gasteiger charge is 2.13. The van der Waals surface area contributed by atoms with Gasteiger partial charge in [0.15, 0.2) is 5.78 Å². The Morgan fingerprint density at radius 3 is 0.753 bits per heavy atom. The molecule has 5 aromatic rings. The first-order chi connectivity index (χ1) is 43.4. The van der Waals surface area contributed by atoms with Gasteiger partial charge in [-0.25, -0.2) is 0 Å². The summed E-state index contributed by atoms with van der Waals surface area (Å²) >= 11 is 0. The van der Waals surface area contributed by atoms with Crippen LogP contribution in [0.15, 0.2) is 146 Å². The van der Waals surface area contributed by atoms with E-state index < -0.39 is 0 Å². The van der Waals surface area contributed by atoms with Crippen LogP contribution in [0.25, 0.3) is 0 Å². The van der Waals surface area contributed by atoms with Crippen LogP contribution in [0.5, 0.6) is 0 Å². The standard InChI is InChI=1S/C67H93N17O5/c1-3-72-48-54-6-16-60(17-7-54)64(86)77-32-44-83(38-26-70)45-33-78-65(87)61-20-10-57(11-21-61)51-75-30-42-82(37-25-69)43-31-76-52-58-12-22-63(23-13-58)67(89)80-35-47-84(39-27-71)46-34-79-66(88)62-18-8-56(9-19-62)50-74-29-41-81(36-24-68)40-28-73-49-55-4-14-59(15-5-55)53(2)85/h4-23,48-52H,3,24-47,68-71H2,1-2H3,(H,77,86)(H,78,87)(H,79,88)(H,80,89). The second-order valence-corrected chi connectivity index (χ2v) is 21.0. The Bertz CT molecular complexity index is 3030. The molecule has 12 N–H and O–H groups in total. The van der Waals surface area contributed by atoms with Crippen molar-refractivity contribution in [1.29, 1.82) is 0 Å². The zero-order valence-corrected chi connectivity index (χ0v) is 52.0. The van der Waals surface area contributed by atoms with Crippen molar-refractivity contribution >= 4 is 60.5 Å². The average Bonchev–Trinajstić information content (AvgIpc) is 3.76. The fraction of sp³-hybridized carbons (Fsp3) is 0.403. The van der Waals surface area contributed by atoms with Crippen molar-refractivity contribution in [3.05, 3.63) is 177 Å². The van der Waals surface area contributed by atoms with E-state index in [1.165, 1.54) is 0 Å². The molecule has 0 spiro atoms. The minimum atomic E-state index is -0.183. The normalized spacial score (nSPS) is 11.9. The molecular weight excluding hydrogens is 1120 g/mol. The monoisotopic (exact) mass is 1220 g/mol. The van der Waals surface area contributed by atoms with Crippen molar-refractivity contribution in [3.8, 4) is 0 Å². The summed E-state index contributed by atoms with van der Waals surface area (Å²) in [5.74, 6) is -0.643. The van der Waals surface area contributed by atoms with E-state index in [9.17, 15) is 24.0 Å². The van der Waals surface area contributed by atoms with Gasteiger partial charge in [-0.3, -0.25) is 68.5 Å². The van der Waals surface area contributed by atoms with Crippen LogP contribution in [0.3, 0.4) is 0 Å². The van der Waals surface area contributed by atoms with Crippen molar-refractivity contribution in [2.75, 3.05) is 164 Å². The lowest BCUT2D eigenvalue weighted by Gasteiger charge is -2.22. The van der Waals surface area contributed by atoms with E-state index in [1.807, 2.05) is 73.8 Å². The number of carbonyl (C=O) groups is 5. The Morgan fingerprint density at radius 2 is 0.539 bits per heavy atom. The van der Waals surface area contributed by atoms with E-state index in [4.69, 9.17) is 22.9 Å². The molecule has 0 atom stereocenters. The lowest BCUT2D eigenvalue weighted by molar-refractivity contribution is 0.0932. The van der Waals surface area contributed by atoms with Crippen molar-refractivity contribution in [2.24, 2.45) is 47.9 Å². The summed E-state index contributed by atoms with van der Waals surface area (Å²) in [6.45, 7) is 18.1. The Labute approximate surface area is 525 Å². The number of Topliss-reactive ketones (excluding diaryl/α,β-unsaturated/α-hetero) is 1. The minimum Gasteiger partial charge on any atom is -0.351 e. The van der Waals surface area contributed by atoms with E-state index in [-0.39, 0.29) is 29.4 Å². The molecule has 476 valence electrons. The Balaban J connectivity index is 0.921. The molecule has 5 aromatic carbocycles. The lowest BCUT2D eigenvalue weighted by atomic mass is 10.1. The maximum Gasteiger partial charge on any atom is 0.251 e. The largest absolute Gasteiger partial charge is 0.351 e. The van der Waals surface area contributed by atoms with Crippen LogP contribution in [0.2, 0.25) is 0 Å². The predicted molar refractivity (Wildman–Crippen MR) is 362 cm³/mol. The number of aliphatic imine (C=N–C) groups is 5. The smallest absolute Gasteiger partial charge is 0.251 e. The SMILES string of the molecule is CCN=Cc1ccc(C(=O)NCCN(CCN)CCNC(=O)c2ccc(C=NCCN(CCN)CCN=Cc3ccc(C(=O)NCCN(CCN)CCNC(=O)c4ccc(C=NCCN(CCN)CCN=Cc5ccc(C(C)=O)cc5)cc4)cc3)cc2)cc1. The summed E-state index contributed by atoms with van der Waals surface area (Å²) in [6.07, 6.45) is 9.01. The Hall–Kier alpha value is -8.32. The van der Waals surface area contributed by atoms with Crippen LogP contribution < -0.4 is 44.2 Å². The minimum absolute atomic E-state index is 0.0376. The number of amides is 4. The van der Waals surface area contributed by atoms with E-state index in [1.54, 1.807) is 92.4 Å². The summed E-state index contributed by atoms with van der Waals surface area (Å²) in [5.41, 5.74) is 31.0. The lowest BCUT2D eigenvalue weighted by Crippen LogP contribution is -2.41. The number of nitrogens with two attached hydrogens (primary N) is 4. The summed E-state index contributed by atoms with van der Waals surface area (Å²) in [7, 11) is 0. The number of hydrogen-bond donors (Lipinski definition) is 8. The Morgan fingerprint density at radius 1 is 0.326 bits per heavy atom. The first-order valence-electron chi connectivity index (χ1n) is 30.7. The first kappa shape index (κ1) is 71.4. The molecule has 0 unspecified atom stereocenters. The van der Waals surface area contributed by atoms with Gasteiger partial charge in [-0.1, -0.05) is 72.8 Å². The summed E-state index contributed by atoms with van der Waals surface area (Å²) < 4.78 is 0. The highest BCUT2D eigenvalue weighted by atomic mass is 16.2. The third kappa shape index (κ3) is 28.6. The second-order valence-electron chi connectivity index (χ2n) is 21.0. The average molecular weight is 1220 g/mol. The highest BCUT2D eigenvalue weighted by Crippen LogP contribution is 2.08. The van der Waals surface area contributed by atoms with Gasteiger partial charge in [-0.05, 0) is 90.2 Å². The van der Waals surface area contributed by atoms with Crippen LogP contribution in [0, 0.1) is 0 Å². The molecule has 5 rings (SSSR count). The molecule has 0 fully saturated rings. The van der Waals surface area contributed by atoms with Gasteiger partial charge in [-0.15, -0.1) is 0 Å². The maximum atomic E-state index is 13.1. The fourth-order valence-electron chi connectivity index (χ4n) is 9.15. The van der Waals surface area contributed by atoms with Crippen molar-refractivity contribution in [2.45, 2.75) is 13.8 Å². The summed E-state index contributed by atoms with van der Waals surface area (Å²) in [6, 6.07) is 36.6.